The molecule has 0 saturated heterocycles. The Bertz CT molecular complexity index is 614. The summed E-state index contributed by atoms with van der Waals surface area (Å²) in [4.78, 5) is 11.8. The summed E-state index contributed by atoms with van der Waals surface area (Å²) in [7, 11) is 3.20. The quantitative estimate of drug-likeness (QED) is 0.888. The lowest BCUT2D eigenvalue weighted by Gasteiger charge is -2.09. The van der Waals surface area contributed by atoms with Gasteiger partial charge in [-0.05, 0) is 29.8 Å². The van der Waals surface area contributed by atoms with Crippen molar-refractivity contribution < 1.29 is 14.3 Å². The molecule has 5 heteroatoms. The van der Waals surface area contributed by atoms with Gasteiger partial charge in [0.1, 0.15) is 11.5 Å². The number of amides is 2. The molecule has 2 aromatic rings. The van der Waals surface area contributed by atoms with E-state index in [4.69, 9.17) is 9.47 Å². The molecule has 0 aliphatic rings. The monoisotopic (exact) mass is 286 g/mol. The van der Waals surface area contributed by atoms with Crippen molar-refractivity contribution in [3.63, 3.8) is 0 Å². The highest BCUT2D eigenvalue weighted by Crippen LogP contribution is 2.16. The molecule has 0 fully saturated rings. The Morgan fingerprint density at radius 3 is 2.38 bits per heavy atom. The molecule has 0 atom stereocenters. The van der Waals surface area contributed by atoms with Crippen molar-refractivity contribution in [1.29, 1.82) is 0 Å². The van der Waals surface area contributed by atoms with Gasteiger partial charge >= 0.3 is 6.03 Å². The normalized spacial score (nSPS) is 9.81. The average Bonchev–Trinajstić information content (AvgIpc) is 2.53. The van der Waals surface area contributed by atoms with Crippen LogP contribution < -0.4 is 20.1 Å². The van der Waals surface area contributed by atoms with Gasteiger partial charge in [-0.15, -0.1) is 0 Å². The zero-order valence-corrected chi connectivity index (χ0v) is 12.1. The number of urea groups is 1. The van der Waals surface area contributed by atoms with Crippen LogP contribution in [0.4, 0.5) is 10.5 Å². The summed E-state index contributed by atoms with van der Waals surface area (Å²) in [6.07, 6.45) is 0. The lowest BCUT2D eigenvalue weighted by Crippen LogP contribution is -2.28. The van der Waals surface area contributed by atoms with Crippen molar-refractivity contribution in [1.82, 2.24) is 5.32 Å². The minimum atomic E-state index is -0.272. The molecule has 0 spiro atoms. The lowest BCUT2D eigenvalue weighted by atomic mass is 10.2. The first-order valence-electron chi connectivity index (χ1n) is 6.53. The van der Waals surface area contributed by atoms with Gasteiger partial charge in [0.15, 0.2) is 0 Å². The molecule has 0 bridgehead atoms. The van der Waals surface area contributed by atoms with Crippen molar-refractivity contribution in [2.45, 2.75) is 6.54 Å². The number of methoxy groups -OCH3 is 2. The second-order valence-corrected chi connectivity index (χ2v) is 4.39. The number of nitrogens with one attached hydrogen (secondary N) is 2. The first kappa shape index (κ1) is 14.7. The van der Waals surface area contributed by atoms with E-state index in [2.05, 4.69) is 10.6 Å². The molecular weight excluding hydrogens is 268 g/mol. The van der Waals surface area contributed by atoms with Crippen LogP contribution in [0.3, 0.4) is 0 Å². The highest BCUT2D eigenvalue weighted by atomic mass is 16.5. The first-order valence-corrected chi connectivity index (χ1v) is 6.53. The van der Waals surface area contributed by atoms with Crippen molar-refractivity contribution in [2.24, 2.45) is 0 Å². The van der Waals surface area contributed by atoms with Crippen molar-refractivity contribution in [3.05, 3.63) is 54.1 Å². The number of carbonyl (C=O) groups excluding carboxylic acids is 1. The topological polar surface area (TPSA) is 59.6 Å². The molecule has 0 aliphatic heterocycles. The summed E-state index contributed by atoms with van der Waals surface area (Å²) in [6.45, 7) is 0.424. The molecule has 0 unspecified atom stereocenters. The van der Waals surface area contributed by atoms with Crippen LogP contribution in [0.5, 0.6) is 11.5 Å². The number of hydrogen-bond acceptors (Lipinski definition) is 3. The molecule has 2 aromatic carbocycles. The van der Waals surface area contributed by atoms with Gasteiger partial charge in [-0.3, -0.25) is 0 Å². The largest absolute Gasteiger partial charge is 0.497 e. The Morgan fingerprint density at radius 2 is 1.67 bits per heavy atom. The Kier molecular flexibility index (Phi) is 5.04. The molecule has 2 rings (SSSR count). The van der Waals surface area contributed by atoms with E-state index in [1.807, 2.05) is 36.4 Å². The third-order valence-electron chi connectivity index (χ3n) is 2.91. The molecule has 2 N–H and O–H groups in total. The lowest BCUT2D eigenvalue weighted by molar-refractivity contribution is 0.251. The molecule has 0 heterocycles. The van der Waals surface area contributed by atoms with Crippen molar-refractivity contribution in [3.8, 4) is 11.5 Å². The number of ether oxygens (including phenoxy) is 2. The van der Waals surface area contributed by atoms with Crippen LogP contribution in [0.15, 0.2) is 48.5 Å². The molecule has 0 saturated carbocycles. The molecule has 5 nitrogen and oxygen atoms in total. The van der Waals surface area contributed by atoms with E-state index in [-0.39, 0.29) is 6.03 Å². The Labute approximate surface area is 123 Å². The maximum atomic E-state index is 11.8. The SMILES string of the molecule is COc1cccc(CNC(=O)Nc2cccc(OC)c2)c1. The number of carbonyl (C=O) groups is 1. The minimum Gasteiger partial charge on any atom is -0.497 e. The summed E-state index contributed by atoms with van der Waals surface area (Å²) in [5.41, 5.74) is 1.65. The van der Waals surface area contributed by atoms with Gasteiger partial charge in [-0.1, -0.05) is 18.2 Å². The van der Waals surface area contributed by atoms with Gasteiger partial charge in [0.2, 0.25) is 0 Å². The summed E-state index contributed by atoms with van der Waals surface area (Å²) in [5.74, 6) is 1.46. The molecule has 0 aromatic heterocycles. The number of anilines is 1. The zero-order chi connectivity index (χ0) is 15.1. The van der Waals surface area contributed by atoms with Crippen LogP contribution in [-0.4, -0.2) is 20.3 Å². The fraction of sp³-hybridized carbons (Fsp3) is 0.188. The van der Waals surface area contributed by atoms with Gasteiger partial charge in [0, 0.05) is 18.3 Å². The Morgan fingerprint density at radius 1 is 1.00 bits per heavy atom. The number of benzene rings is 2. The number of hydrogen-bond donors (Lipinski definition) is 2. The van der Waals surface area contributed by atoms with E-state index in [0.717, 1.165) is 11.3 Å². The maximum Gasteiger partial charge on any atom is 0.319 e. The first-order chi connectivity index (χ1) is 10.2. The smallest absolute Gasteiger partial charge is 0.319 e. The van der Waals surface area contributed by atoms with Gasteiger partial charge in [-0.2, -0.15) is 0 Å². The van der Waals surface area contributed by atoms with Gasteiger partial charge < -0.3 is 20.1 Å². The third-order valence-corrected chi connectivity index (χ3v) is 2.91. The van der Waals surface area contributed by atoms with E-state index in [1.165, 1.54) is 0 Å². The van der Waals surface area contributed by atoms with Crippen LogP contribution in [0.1, 0.15) is 5.56 Å². The van der Waals surface area contributed by atoms with Crippen LogP contribution in [0.25, 0.3) is 0 Å². The predicted molar refractivity (Wildman–Crippen MR) is 81.8 cm³/mol. The van der Waals surface area contributed by atoms with E-state index < -0.39 is 0 Å². The predicted octanol–water partition coefficient (Wildman–Crippen LogP) is 3.03. The molecule has 2 amide bonds. The number of rotatable bonds is 5. The summed E-state index contributed by atoms with van der Waals surface area (Å²) in [5, 5.41) is 5.54. The van der Waals surface area contributed by atoms with E-state index in [9.17, 15) is 4.79 Å². The third kappa shape index (κ3) is 4.42. The molecule has 110 valence electrons. The van der Waals surface area contributed by atoms with E-state index in [0.29, 0.717) is 18.0 Å². The van der Waals surface area contributed by atoms with Crippen molar-refractivity contribution in [2.75, 3.05) is 19.5 Å². The summed E-state index contributed by atoms with van der Waals surface area (Å²) in [6, 6.07) is 14.5. The Hall–Kier alpha value is -2.69. The van der Waals surface area contributed by atoms with Gasteiger partial charge in [0.05, 0.1) is 14.2 Å². The summed E-state index contributed by atoms with van der Waals surface area (Å²) >= 11 is 0. The minimum absolute atomic E-state index is 0.272. The second-order valence-electron chi connectivity index (χ2n) is 4.39. The van der Waals surface area contributed by atoms with Crippen molar-refractivity contribution >= 4 is 11.7 Å². The van der Waals surface area contributed by atoms with Crippen LogP contribution in [0, 0.1) is 0 Å². The fourth-order valence-electron chi connectivity index (χ4n) is 1.84. The maximum absolute atomic E-state index is 11.8. The summed E-state index contributed by atoms with van der Waals surface area (Å²) < 4.78 is 10.2. The van der Waals surface area contributed by atoms with Crippen LogP contribution in [-0.2, 0) is 6.54 Å². The Balaban J connectivity index is 1.89. The standard InChI is InChI=1S/C16H18N2O3/c1-20-14-7-3-5-12(9-14)11-17-16(19)18-13-6-4-8-15(10-13)21-2/h3-10H,11H2,1-2H3,(H2,17,18,19). The second kappa shape index (κ2) is 7.19. The highest BCUT2D eigenvalue weighted by Gasteiger charge is 2.03. The van der Waals surface area contributed by atoms with Gasteiger partial charge in [-0.25, -0.2) is 4.79 Å². The van der Waals surface area contributed by atoms with E-state index in [1.54, 1.807) is 26.4 Å². The molecule has 0 radical (unpaired) electrons. The highest BCUT2D eigenvalue weighted by molar-refractivity contribution is 5.89. The van der Waals surface area contributed by atoms with Gasteiger partial charge in [0.25, 0.3) is 0 Å². The van der Waals surface area contributed by atoms with E-state index >= 15 is 0 Å². The zero-order valence-electron chi connectivity index (χ0n) is 12.1. The fourth-order valence-corrected chi connectivity index (χ4v) is 1.84. The molecule has 21 heavy (non-hydrogen) atoms. The van der Waals surface area contributed by atoms with Crippen LogP contribution >= 0.6 is 0 Å². The molecule has 0 aliphatic carbocycles. The van der Waals surface area contributed by atoms with Crippen LogP contribution in [0.2, 0.25) is 0 Å². The average molecular weight is 286 g/mol. The molecular formula is C16H18N2O3.